The number of aromatic nitrogens is 8. The van der Waals surface area contributed by atoms with Gasteiger partial charge in [0.2, 0.25) is 0 Å². The highest BCUT2D eigenvalue weighted by atomic mass is 31.2. The van der Waals surface area contributed by atoms with Gasteiger partial charge in [0.05, 0.1) is 19.3 Å². The van der Waals surface area contributed by atoms with Crippen LogP contribution in [0.15, 0.2) is 36.7 Å². The van der Waals surface area contributed by atoms with E-state index in [0.29, 0.717) is 27.9 Å². The summed E-state index contributed by atoms with van der Waals surface area (Å²) in [7, 11) is -7.48. The molecule has 1 aliphatic carbocycles. The molecule has 19 nitrogen and oxygen atoms in total. The largest absolute Gasteiger partial charge is 0.695 e. The Balaban J connectivity index is 1.11. The summed E-state index contributed by atoms with van der Waals surface area (Å²) in [6, 6.07) is 0. The molecule has 0 amide bonds. The monoisotopic (exact) mass is 635 g/mol. The number of aliphatic hydroxyl groups excluding tert-OH is 1. The molecule has 0 bridgehead atoms. The molecule has 226 valence electrons. The zero-order chi connectivity index (χ0) is 30.1. The molecule has 21 heteroatoms. The number of nitrogens with zero attached hydrogens (tertiary/aromatic N) is 8. The summed E-state index contributed by atoms with van der Waals surface area (Å²) in [6.45, 7) is -0.484. The Morgan fingerprint density at radius 1 is 1.05 bits per heavy atom. The lowest BCUT2D eigenvalue weighted by molar-refractivity contribution is -0.0401. The van der Waals surface area contributed by atoms with Crippen molar-refractivity contribution >= 4 is 49.8 Å². The summed E-state index contributed by atoms with van der Waals surface area (Å²) in [6.07, 6.45) is 1.51. The molecule has 4 aromatic rings. The average Bonchev–Trinajstić information content (AvgIpc) is 3.43. The molecule has 0 radical (unpaired) electrons. The van der Waals surface area contributed by atoms with Crippen molar-refractivity contribution in [1.29, 1.82) is 0 Å². The quantitative estimate of drug-likeness (QED) is 0.166. The van der Waals surface area contributed by atoms with Crippen molar-refractivity contribution in [2.45, 2.75) is 55.6 Å². The van der Waals surface area contributed by atoms with E-state index < -0.39 is 58.8 Å². The van der Waals surface area contributed by atoms with E-state index in [-0.39, 0.29) is 30.9 Å². The van der Waals surface area contributed by atoms with E-state index in [4.69, 9.17) is 30.0 Å². The van der Waals surface area contributed by atoms with Gasteiger partial charge in [0.15, 0.2) is 29.0 Å². The van der Waals surface area contributed by atoms with Gasteiger partial charge >= 0.3 is 15.9 Å². The summed E-state index contributed by atoms with van der Waals surface area (Å²) in [5.74, 6) is 1.40. The van der Waals surface area contributed by atoms with Crippen molar-refractivity contribution in [1.82, 2.24) is 39.0 Å². The van der Waals surface area contributed by atoms with Gasteiger partial charge in [-0.25, -0.2) is 29.9 Å². The number of ether oxygens (including phenoxy) is 2. The van der Waals surface area contributed by atoms with Crippen LogP contribution in [0.25, 0.3) is 22.3 Å². The third-order valence-corrected chi connectivity index (χ3v) is 9.38. The van der Waals surface area contributed by atoms with E-state index in [1.54, 1.807) is 9.13 Å². The van der Waals surface area contributed by atoms with Crippen LogP contribution in [0.5, 0.6) is 0 Å². The van der Waals surface area contributed by atoms with Gasteiger partial charge < -0.3 is 30.9 Å². The van der Waals surface area contributed by atoms with Crippen LogP contribution >= 0.6 is 15.9 Å². The molecule has 6 heterocycles. The topological polar surface area (TPSA) is 271 Å². The first-order valence-electron chi connectivity index (χ1n) is 12.9. The summed E-state index contributed by atoms with van der Waals surface area (Å²) in [4.78, 5) is 45.0. The highest BCUT2D eigenvalue weighted by Crippen LogP contribution is 2.63. The van der Waals surface area contributed by atoms with Crippen molar-refractivity contribution in [3.05, 3.63) is 36.7 Å². The number of fused-ring (bicyclic) bond motifs is 2. The number of aliphatic hydroxyl groups is 1. The zero-order valence-electron chi connectivity index (χ0n) is 22.0. The first kappa shape index (κ1) is 28.3. The number of anilines is 2. The number of nitrogen functional groups attached to an aromatic ring is 2. The van der Waals surface area contributed by atoms with Crippen molar-refractivity contribution in [2.75, 3.05) is 18.1 Å². The molecule has 1 spiro atoms. The summed E-state index contributed by atoms with van der Waals surface area (Å²) >= 11 is 0. The Morgan fingerprint density at radius 3 is 2.28 bits per heavy atom. The Bertz CT molecular complexity index is 1830. The Kier molecular flexibility index (Phi) is 6.77. The third kappa shape index (κ3) is 4.88. The molecule has 2 aliphatic heterocycles. The standard InChI is InChI=1S/C22H24N10O9P2/c23-18-16-20(27-6-25-18)31(8-29-16)14-1-11(12(4-33)38-14)41-43(36,37)5-10-3-22(10)13(40-42(34)35)2-15(39-22)32-9-30-17-19(24)26-7-28-21(17)32/h5-9,11-15,33H,1-4H2,(H5-,23,24,25,26,27,28,34,35,36,37)/p+1/b10-5+/t11-,12+,13-,14+,15+,22?/m0/s1. The van der Waals surface area contributed by atoms with Crippen LogP contribution in [0.3, 0.4) is 0 Å². The van der Waals surface area contributed by atoms with E-state index in [1.807, 2.05) is 0 Å². The molecule has 1 saturated carbocycles. The van der Waals surface area contributed by atoms with Crippen LogP contribution in [0, 0.1) is 0 Å². The van der Waals surface area contributed by atoms with Crippen LogP contribution in [0.1, 0.15) is 31.7 Å². The molecule has 2 saturated heterocycles. The van der Waals surface area contributed by atoms with Crippen LogP contribution in [-0.2, 0) is 27.7 Å². The van der Waals surface area contributed by atoms with Crippen LogP contribution < -0.4 is 11.5 Å². The van der Waals surface area contributed by atoms with Crippen molar-refractivity contribution in [3.8, 4) is 0 Å². The zero-order valence-corrected chi connectivity index (χ0v) is 23.8. The fourth-order valence-electron chi connectivity index (χ4n) is 5.71. The molecule has 3 fully saturated rings. The van der Waals surface area contributed by atoms with Crippen LogP contribution in [0.4, 0.5) is 11.6 Å². The smallest absolute Gasteiger partial charge is 0.394 e. The van der Waals surface area contributed by atoms with E-state index in [9.17, 15) is 24.0 Å². The summed E-state index contributed by atoms with van der Waals surface area (Å²) in [5, 5.41) is 9.92. The predicted octanol–water partition coefficient (Wildman–Crippen LogP) is 0.661. The molecule has 3 aliphatic rings. The number of imidazole rings is 2. The van der Waals surface area contributed by atoms with Gasteiger partial charge in [0.25, 0.3) is 0 Å². The van der Waals surface area contributed by atoms with Gasteiger partial charge in [0.1, 0.15) is 54.0 Å². The predicted molar refractivity (Wildman–Crippen MR) is 145 cm³/mol. The molecule has 7 rings (SSSR count). The summed E-state index contributed by atoms with van der Waals surface area (Å²) in [5.41, 5.74) is 12.3. The first-order chi connectivity index (χ1) is 20.6. The van der Waals surface area contributed by atoms with Gasteiger partial charge in [-0.05, 0) is 5.57 Å². The Labute approximate surface area is 242 Å². The lowest BCUT2D eigenvalue weighted by Gasteiger charge is -2.19. The fourth-order valence-corrected chi connectivity index (χ4v) is 7.56. The molecule has 7 N–H and O–H groups in total. The minimum atomic E-state index is -4.46. The fraction of sp³-hybridized carbons (Fsp3) is 0.455. The van der Waals surface area contributed by atoms with E-state index in [1.165, 1.54) is 25.3 Å². The molecule has 8 atom stereocenters. The maximum atomic E-state index is 13.3. The lowest BCUT2D eigenvalue weighted by atomic mass is 10.1. The molecular formula is C22H25N10O9P2+. The second-order valence-electron chi connectivity index (χ2n) is 10.3. The maximum absolute atomic E-state index is 13.3. The molecule has 0 aromatic carbocycles. The van der Waals surface area contributed by atoms with Gasteiger partial charge in [-0.2, -0.15) is 0 Å². The number of hydrogen-bond donors (Lipinski definition) is 5. The highest BCUT2D eigenvalue weighted by Gasteiger charge is 2.66. The Morgan fingerprint density at radius 2 is 1.67 bits per heavy atom. The average molecular weight is 635 g/mol. The first-order valence-corrected chi connectivity index (χ1v) is 15.7. The molecule has 4 aromatic heterocycles. The molecule has 43 heavy (non-hydrogen) atoms. The van der Waals surface area contributed by atoms with E-state index in [0.717, 1.165) is 5.82 Å². The SMILES string of the molecule is Nc1ncnc2c1ncn2[C@H]1C[C@H](OP(=O)(O)/C=C2\CC23O[C@@H](n2cnc4c(N)ncnc42)C[C@@H]3O[P+](=O)O)[C@@H](CO)O1. The van der Waals surface area contributed by atoms with Gasteiger partial charge in [-0.3, -0.25) is 18.2 Å². The molecule has 3 unspecified atom stereocenters. The van der Waals surface area contributed by atoms with Crippen LogP contribution in [-0.4, -0.2) is 84.5 Å². The molecular weight excluding hydrogens is 610 g/mol. The summed E-state index contributed by atoms with van der Waals surface area (Å²) < 4.78 is 51.2. The lowest BCUT2D eigenvalue weighted by Crippen LogP contribution is -2.27. The highest BCUT2D eigenvalue weighted by molar-refractivity contribution is 7.56. The van der Waals surface area contributed by atoms with Gasteiger partial charge in [-0.1, -0.05) is 0 Å². The van der Waals surface area contributed by atoms with Crippen molar-refractivity contribution < 1.29 is 42.5 Å². The minimum absolute atomic E-state index is 0.0907. The second kappa shape index (κ2) is 10.3. The van der Waals surface area contributed by atoms with Gasteiger partial charge in [-0.15, -0.1) is 9.42 Å². The maximum Gasteiger partial charge on any atom is 0.695 e. The number of hydrogen-bond acceptors (Lipinski definition) is 15. The normalized spacial score (nSPS) is 31.4. The second-order valence-corrected chi connectivity index (χ2v) is 12.6. The minimum Gasteiger partial charge on any atom is -0.394 e. The van der Waals surface area contributed by atoms with Crippen molar-refractivity contribution in [2.24, 2.45) is 0 Å². The van der Waals surface area contributed by atoms with E-state index >= 15 is 0 Å². The van der Waals surface area contributed by atoms with E-state index in [2.05, 4.69) is 29.9 Å². The number of rotatable bonds is 8. The number of nitrogens with two attached hydrogens (primary N) is 2. The van der Waals surface area contributed by atoms with Crippen LogP contribution in [0.2, 0.25) is 0 Å². The third-order valence-electron chi connectivity index (χ3n) is 7.73. The Hall–Kier alpha value is -3.51. The van der Waals surface area contributed by atoms with Gasteiger partial charge in [0, 0.05) is 29.6 Å². The van der Waals surface area contributed by atoms with Crippen molar-refractivity contribution in [3.63, 3.8) is 0 Å².